The second-order valence-electron chi connectivity index (χ2n) is 12.1. The van der Waals surface area contributed by atoms with E-state index in [0.717, 1.165) is 34.7 Å². The van der Waals surface area contributed by atoms with Gasteiger partial charge in [0.05, 0.1) is 34.3 Å². The molecule has 1 amide bonds. The first-order valence-electron chi connectivity index (χ1n) is 14.7. The first-order valence-corrected chi connectivity index (χ1v) is 16.0. The van der Waals surface area contributed by atoms with Crippen molar-refractivity contribution in [3.05, 3.63) is 86.2 Å². The second kappa shape index (κ2) is 10.7. The Balaban J connectivity index is 1.04. The molecule has 1 N–H and O–H groups in total. The monoisotopic (exact) mass is 587 g/mol. The fraction of sp³-hybridized carbons (Fsp3) is 0.424. The SMILES string of the molecule is O=C(CC(c1ccccc1)C1CC1)N1CCC(O)(Cn2cnc3c(-c4cc(Cl)c5c(c4)CCC5)scc3c2=O)CC1. The van der Waals surface area contributed by atoms with Gasteiger partial charge in [0, 0.05) is 29.9 Å². The van der Waals surface area contributed by atoms with E-state index in [2.05, 4.69) is 23.2 Å². The van der Waals surface area contributed by atoms with Crippen molar-refractivity contribution in [1.82, 2.24) is 14.5 Å². The second-order valence-corrected chi connectivity index (χ2v) is 13.4. The lowest BCUT2D eigenvalue weighted by atomic mass is 9.88. The van der Waals surface area contributed by atoms with Crippen LogP contribution in [0, 0.1) is 5.92 Å². The van der Waals surface area contributed by atoms with Crippen LogP contribution in [0.1, 0.15) is 61.1 Å². The largest absolute Gasteiger partial charge is 0.388 e. The van der Waals surface area contributed by atoms with E-state index in [4.69, 9.17) is 11.6 Å². The van der Waals surface area contributed by atoms with Crippen molar-refractivity contribution in [2.45, 2.75) is 69.4 Å². The molecule has 0 bridgehead atoms. The molecule has 2 aliphatic carbocycles. The first-order chi connectivity index (χ1) is 19.9. The minimum absolute atomic E-state index is 0.146. The van der Waals surface area contributed by atoms with Crippen LogP contribution in [0.2, 0.25) is 5.02 Å². The molecule has 7 rings (SSSR count). The number of hydrogen-bond donors (Lipinski definition) is 1. The number of aryl methyl sites for hydroxylation is 1. The number of thiophene rings is 1. The Morgan fingerprint density at radius 2 is 1.93 bits per heavy atom. The van der Waals surface area contributed by atoms with Crippen molar-refractivity contribution in [3.8, 4) is 10.4 Å². The van der Waals surface area contributed by atoms with Crippen LogP contribution in [0.3, 0.4) is 0 Å². The van der Waals surface area contributed by atoms with Gasteiger partial charge >= 0.3 is 0 Å². The normalized spacial score (nSPS) is 18.9. The highest BCUT2D eigenvalue weighted by Gasteiger charge is 2.38. The Bertz CT molecular complexity index is 1670. The summed E-state index contributed by atoms with van der Waals surface area (Å²) in [5.74, 6) is 1.02. The van der Waals surface area contributed by atoms with Crippen LogP contribution < -0.4 is 5.56 Å². The number of likely N-dealkylation sites (tertiary alicyclic amines) is 1. The van der Waals surface area contributed by atoms with Gasteiger partial charge in [0.2, 0.25) is 5.91 Å². The lowest BCUT2D eigenvalue weighted by molar-refractivity contribution is -0.136. The molecule has 1 saturated heterocycles. The standard InChI is InChI=1S/C33H34ClN3O3S/c34-28-16-24(15-23-7-4-8-25(23)28)31-30-27(18-41-31)32(39)37(20-35-30)19-33(40)11-13-36(14-12-33)29(38)17-26(22-9-10-22)21-5-2-1-3-6-21/h1-3,5-6,15-16,18,20,22,26,40H,4,7-14,17,19H2. The molecule has 41 heavy (non-hydrogen) atoms. The van der Waals surface area contributed by atoms with E-state index in [1.165, 1.54) is 45.4 Å². The zero-order valence-corrected chi connectivity index (χ0v) is 24.6. The third kappa shape index (κ3) is 5.24. The number of piperidine rings is 1. The highest BCUT2D eigenvalue weighted by Crippen LogP contribution is 2.45. The predicted octanol–water partition coefficient (Wildman–Crippen LogP) is 6.20. The average molecular weight is 588 g/mol. The van der Waals surface area contributed by atoms with Gasteiger partial charge in [0.1, 0.15) is 0 Å². The molecular weight excluding hydrogens is 554 g/mol. The summed E-state index contributed by atoms with van der Waals surface area (Å²) in [6, 6.07) is 14.6. The Morgan fingerprint density at radius 1 is 1.15 bits per heavy atom. The average Bonchev–Trinajstić information content (AvgIpc) is 3.53. The highest BCUT2D eigenvalue weighted by atomic mass is 35.5. The molecule has 8 heteroatoms. The summed E-state index contributed by atoms with van der Waals surface area (Å²) >= 11 is 8.10. The van der Waals surface area contributed by atoms with E-state index in [9.17, 15) is 14.7 Å². The van der Waals surface area contributed by atoms with Gasteiger partial charge in [-0.3, -0.25) is 14.2 Å². The molecule has 1 aliphatic heterocycles. The summed E-state index contributed by atoms with van der Waals surface area (Å²) in [5.41, 5.74) is 4.26. The third-order valence-corrected chi connectivity index (χ3v) is 10.7. The minimum atomic E-state index is -1.06. The maximum Gasteiger partial charge on any atom is 0.262 e. The highest BCUT2D eigenvalue weighted by molar-refractivity contribution is 7.15. The fourth-order valence-electron chi connectivity index (χ4n) is 6.79. The van der Waals surface area contributed by atoms with Crippen LogP contribution in [0.15, 0.2) is 59.0 Å². The molecule has 6 nitrogen and oxygen atoms in total. The van der Waals surface area contributed by atoms with Crippen molar-refractivity contribution in [1.29, 1.82) is 0 Å². The number of benzene rings is 2. The summed E-state index contributed by atoms with van der Waals surface area (Å²) in [6.07, 6.45) is 8.49. The number of aliphatic hydroxyl groups is 1. The number of halogens is 1. The number of fused-ring (bicyclic) bond motifs is 2. The first kappa shape index (κ1) is 26.9. The quantitative estimate of drug-likeness (QED) is 0.279. The van der Waals surface area contributed by atoms with Crippen LogP contribution in [0.25, 0.3) is 21.3 Å². The fourth-order valence-corrected chi connectivity index (χ4v) is 8.10. The lowest BCUT2D eigenvalue weighted by Gasteiger charge is -2.39. The Kier molecular flexibility index (Phi) is 7.00. The summed E-state index contributed by atoms with van der Waals surface area (Å²) in [4.78, 5) is 34.3. The summed E-state index contributed by atoms with van der Waals surface area (Å²) in [7, 11) is 0. The molecular formula is C33H34ClN3O3S. The molecule has 2 aromatic carbocycles. The zero-order chi connectivity index (χ0) is 28.1. The molecule has 2 fully saturated rings. The summed E-state index contributed by atoms with van der Waals surface area (Å²) in [5, 5.41) is 14.7. The molecule has 0 radical (unpaired) electrons. The topological polar surface area (TPSA) is 75.4 Å². The van der Waals surface area contributed by atoms with Crippen LogP contribution in [-0.4, -0.2) is 44.2 Å². The Labute approximate surface area is 248 Å². The number of hydrogen-bond acceptors (Lipinski definition) is 5. The number of aromatic nitrogens is 2. The van der Waals surface area contributed by atoms with Crippen LogP contribution in [0.4, 0.5) is 0 Å². The molecule has 1 saturated carbocycles. The lowest BCUT2D eigenvalue weighted by Crippen LogP contribution is -2.49. The molecule has 1 atom stereocenters. The minimum Gasteiger partial charge on any atom is -0.388 e. The third-order valence-electron chi connectivity index (χ3n) is 9.33. The van der Waals surface area contributed by atoms with E-state index < -0.39 is 5.60 Å². The smallest absolute Gasteiger partial charge is 0.262 e. The predicted molar refractivity (Wildman–Crippen MR) is 164 cm³/mol. The Morgan fingerprint density at radius 3 is 2.68 bits per heavy atom. The van der Waals surface area contributed by atoms with Crippen LogP contribution in [0.5, 0.6) is 0 Å². The van der Waals surface area contributed by atoms with E-state index in [1.807, 2.05) is 34.5 Å². The maximum atomic E-state index is 13.5. The van der Waals surface area contributed by atoms with E-state index in [1.54, 1.807) is 6.33 Å². The zero-order valence-electron chi connectivity index (χ0n) is 23.0. The molecule has 3 aliphatic rings. The van der Waals surface area contributed by atoms with Gasteiger partial charge < -0.3 is 10.0 Å². The van der Waals surface area contributed by atoms with Crippen molar-refractivity contribution < 1.29 is 9.90 Å². The molecule has 212 valence electrons. The van der Waals surface area contributed by atoms with Gasteiger partial charge in [0.25, 0.3) is 5.56 Å². The van der Waals surface area contributed by atoms with Crippen molar-refractivity contribution in [2.24, 2.45) is 5.92 Å². The number of nitrogens with zero attached hydrogens (tertiary/aromatic N) is 3. The van der Waals surface area contributed by atoms with Gasteiger partial charge in [-0.25, -0.2) is 4.98 Å². The number of amides is 1. The summed E-state index contributed by atoms with van der Waals surface area (Å²) in [6.45, 7) is 1.16. The molecule has 0 spiro atoms. The number of carbonyl (C=O) groups is 1. The van der Waals surface area contributed by atoms with Gasteiger partial charge in [-0.15, -0.1) is 11.3 Å². The van der Waals surface area contributed by atoms with Crippen molar-refractivity contribution in [2.75, 3.05) is 13.1 Å². The maximum absolute atomic E-state index is 13.5. The van der Waals surface area contributed by atoms with Crippen molar-refractivity contribution >= 4 is 39.7 Å². The molecule has 2 aromatic heterocycles. The van der Waals surface area contributed by atoms with Gasteiger partial charge in [-0.1, -0.05) is 41.9 Å². The Hall–Kier alpha value is -3.00. The van der Waals surface area contributed by atoms with Gasteiger partial charge in [-0.2, -0.15) is 0 Å². The van der Waals surface area contributed by atoms with Crippen molar-refractivity contribution in [3.63, 3.8) is 0 Å². The van der Waals surface area contributed by atoms with Gasteiger partial charge in [0.15, 0.2) is 0 Å². The van der Waals surface area contributed by atoms with E-state index in [0.29, 0.717) is 49.2 Å². The van der Waals surface area contributed by atoms with Crippen LogP contribution >= 0.6 is 22.9 Å². The summed E-state index contributed by atoms with van der Waals surface area (Å²) < 4.78 is 1.53. The molecule has 4 aromatic rings. The van der Waals surface area contributed by atoms with E-state index >= 15 is 0 Å². The van der Waals surface area contributed by atoms with Crippen LogP contribution in [-0.2, 0) is 24.2 Å². The van der Waals surface area contributed by atoms with Gasteiger partial charge in [-0.05, 0) is 91.2 Å². The molecule has 3 heterocycles. The molecule has 1 unspecified atom stereocenters. The number of rotatable bonds is 7. The number of carbonyl (C=O) groups excluding carboxylic acids is 1. The van der Waals surface area contributed by atoms with E-state index in [-0.39, 0.29) is 23.9 Å².